The number of anilines is 3. The summed E-state index contributed by atoms with van der Waals surface area (Å²) in [5.74, 6) is -1.12. The van der Waals surface area contributed by atoms with Crippen LogP contribution >= 0.6 is 0 Å². The first-order valence-corrected chi connectivity index (χ1v) is 11.2. The lowest BCUT2D eigenvalue weighted by atomic mass is 10.0. The number of carbonyl (C=O) groups is 2. The van der Waals surface area contributed by atoms with Gasteiger partial charge in [0.2, 0.25) is 5.82 Å². The molecule has 2 fully saturated rings. The van der Waals surface area contributed by atoms with Crippen molar-refractivity contribution in [3.63, 3.8) is 0 Å². The lowest BCUT2D eigenvalue weighted by molar-refractivity contribution is -0.141. The molecule has 5 rings (SSSR count). The number of hydrogen-bond acceptors (Lipinski definition) is 9. The number of fused-ring (bicyclic) bond motifs is 4. The number of carboxylic acids is 1. The zero-order valence-corrected chi connectivity index (χ0v) is 18.9. The first-order valence-electron chi connectivity index (χ1n) is 11.2. The molecule has 0 saturated carbocycles. The minimum atomic E-state index is -1.25. The molecule has 180 valence electrons. The fraction of sp³-hybridized carbons (Fsp3) is 0.500. The van der Waals surface area contributed by atoms with Crippen LogP contribution in [0.25, 0.3) is 0 Å². The van der Waals surface area contributed by atoms with Gasteiger partial charge in [-0.1, -0.05) is 0 Å². The average molecular weight is 470 g/mol. The van der Waals surface area contributed by atoms with Gasteiger partial charge >= 0.3 is 12.0 Å². The Morgan fingerprint density at radius 1 is 1.35 bits per heavy atom. The van der Waals surface area contributed by atoms with E-state index in [2.05, 4.69) is 25.2 Å². The summed E-state index contributed by atoms with van der Waals surface area (Å²) in [6.07, 6.45) is 4.50. The standard InChI is InChI=1S/C22H26N6O6/c1-22(2)33-12-15(34-22)11-32-14-5-6-23-17(8-14)25-21(31)28-13-4-3-7-27(10-13)16-9-24-18(20(29)30)26-19(16)28/h5-6,8-9,13,15H,3-4,7,10-12H2,1-2H3,(H,29,30)(H,23,25,31). The number of amides is 2. The number of hydrogen-bond donors (Lipinski definition) is 2. The molecule has 0 radical (unpaired) electrons. The minimum Gasteiger partial charge on any atom is -0.491 e. The summed E-state index contributed by atoms with van der Waals surface area (Å²) in [5, 5.41) is 12.1. The summed E-state index contributed by atoms with van der Waals surface area (Å²) < 4.78 is 17.1. The Morgan fingerprint density at radius 2 is 2.21 bits per heavy atom. The molecule has 2 unspecified atom stereocenters. The van der Waals surface area contributed by atoms with Gasteiger partial charge in [0.05, 0.1) is 24.5 Å². The molecule has 12 heteroatoms. The van der Waals surface area contributed by atoms with Crippen LogP contribution in [-0.4, -0.2) is 76.3 Å². The fourth-order valence-corrected chi connectivity index (χ4v) is 4.46. The van der Waals surface area contributed by atoms with E-state index in [-0.39, 0.29) is 23.8 Å². The van der Waals surface area contributed by atoms with Gasteiger partial charge in [0.25, 0.3) is 0 Å². The Morgan fingerprint density at radius 3 is 2.97 bits per heavy atom. The first kappa shape index (κ1) is 22.3. The highest BCUT2D eigenvalue weighted by atomic mass is 16.7. The smallest absolute Gasteiger partial charge is 0.374 e. The predicted molar refractivity (Wildman–Crippen MR) is 120 cm³/mol. The van der Waals surface area contributed by atoms with Gasteiger partial charge in [0.15, 0.2) is 11.6 Å². The Kier molecular flexibility index (Phi) is 5.70. The Balaban J connectivity index is 1.32. The fourth-order valence-electron chi connectivity index (χ4n) is 4.46. The Bertz CT molecular complexity index is 1110. The number of carbonyl (C=O) groups excluding carboxylic acids is 1. The van der Waals surface area contributed by atoms with Gasteiger partial charge in [0.1, 0.15) is 24.3 Å². The van der Waals surface area contributed by atoms with Crippen LogP contribution in [0.15, 0.2) is 24.5 Å². The third-order valence-corrected chi connectivity index (χ3v) is 5.96. The van der Waals surface area contributed by atoms with E-state index in [4.69, 9.17) is 14.2 Å². The van der Waals surface area contributed by atoms with E-state index < -0.39 is 17.8 Å². The molecule has 0 spiro atoms. The van der Waals surface area contributed by atoms with E-state index in [1.807, 2.05) is 13.8 Å². The van der Waals surface area contributed by atoms with E-state index in [0.717, 1.165) is 19.4 Å². The van der Waals surface area contributed by atoms with Crippen LogP contribution in [0.1, 0.15) is 37.3 Å². The molecule has 2 saturated heterocycles. The van der Waals surface area contributed by atoms with Crippen LogP contribution in [0, 0.1) is 0 Å². The number of aromatic carboxylic acids is 1. The summed E-state index contributed by atoms with van der Waals surface area (Å²) in [4.78, 5) is 40.7. The van der Waals surface area contributed by atoms with Crippen molar-refractivity contribution < 1.29 is 28.9 Å². The molecule has 0 aromatic carbocycles. The quantitative estimate of drug-likeness (QED) is 0.668. The van der Waals surface area contributed by atoms with Gasteiger partial charge in [-0.2, -0.15) is 0 Å². The van der Waals surface area contributed by atoms with E-state index in [1.54, 1.807) is 12.1 Å². The summed E-state index contributed by atoms with van der Waals surface area (Å²) >= 11 is 0. The molecule has 2 amide bonds. The highest BCUT2D eigenvalue weighted by molar-refractivity contribution is 6.04. The van der Waals surface area contributed by atoms with Crippen LogP contribution in [0.3, 0.4) is 0 Å². The van der Waals surface area contributed by atoms with Crippen LogP contribution < -0.4 is 19.9 Å². The van der Waals surface area contributed by atoms with E-state index in [9.17, 15) is 14.7 Å². The monoisotopic (exact) mass is 470 g/mol. The molecule has 5 heterocycles. The molecule has 34 heavy (non-hydrogen) atoms. The summed E-state index contributed by atoms with van der Waals surface area (Å²) in [5.41, 5.74) is 0.642. The van der Waals surface area contributed by atoms with Gasteiger partial charge in [-0.25, -0.2) is 24.5 Å². The molecular formula is C22H26N6O6. The maximum Gasteiger partial charge on any atom is 0.374 e. The molecule has 2 N–H and O–H groups in total. The average Bonchev–Trinajstić information content (AvgIpc) is 3.16. The highest BCUT2D eigenvalue weighted by Crippen LogP contribution is 2.37. The molecule has 2 aromatic heterocycles. The number of piperidine rings is 1. The van der Waals surface area contributed by atoms with Crippen molar-refractivity contribution in [2.24, 2.45) is 0 Å². The van der Waals surface area contributed by atoms with E-state index in [0.29, 0.717) is 37.0 Å². The van der Waals surface area contributed by atoms with Crippen molar-refractivity contribution >= 4 is 29.3 Å². The molecule has 2 atom stereocenters. The lowest BCUT2D eigenvalue weighted by Crippen LogP contribution is -2.56. The van der Waals surface area contributed by atoms with Gasteiger partial charge in [-0.05, 0) is 32.8 Å². The maximum absolute atomic E-state index is 13.3. The molecule has 3 aliphatic heterocycles. The van der Waals surface area contributed by atoms with Crippen molar-refractivity contribution in [1.29, 1.82) is 0 Å². The lowest BCUT2D eigenvalue weighted by Gasteiger charge is -2.45. The number of ether oxygens (including phenoxy) is 3. The number of nitrogens with zero attached hydrogens (tertiary/aromatic N) is 5. The van der Waals surface area contributed by atoms with Crippen LogP contribution in [0.4, 0.5) is 22.1 Å². The summed E-state index contributed by atoms with van der Waals surface area (Å²) in [6.45, 7) is 5.88. The van der Waals surface area contributed by atoms with Crippen LogP contribution in [-0.2, 0) is 9.47 Å². The number of nitrogens with one attached hydrogen (secondary N) is 1. The van der Waals surface area contributed by atoms with Crippen molar-refractivity contribution in [3.8, 4) is 5.75 Å². The van der Waals surface area contributed by atoms with Crippen LogP contribution in [0.5, 0.6) is 5.75 Å². The topological polar surface area (TPSA) is 139 Å². The molecular weight excluding hydrogens is 444 g/mol. The molecule has 2 bridgehead atoms. The second-order valence-corrected chi connectivity index (χ2v) is 8.89. The summed E-state index contributed by atoms with van der Waals surface area (Å²) in [6, 6.07) is 2.74. The summed E-state index contributed by atoms with van der Waals surface area (Å²) in [7, 11) is 0. The molecule has 2 aromatic rings. The third-order valence-electron chi connectivity index (χ3n) is 5.96. The van der Waals surface area contributed by atoms with Crippen molar-refractivity contribution in [1.82, 2.24) is 15.0 Å². The molecule has 0 aliphatic carbocycles. The van der Waals surface area contributed by atoms with Gasteiger partial charge < -0.3 is 24.2 Å². The molecule has 12 nitrogen and oxygen atoms in total. The predicted octanol–water partition coefficient (Wildman–Crippen LogP) is 2.12. The van der Waals surface area contributed by atoms with E-state index >= 15 is 0 Å². The number of aromatic nitrogens is 3. The van der Waals surface area contributed by atoms with Gasteiger partial charge in [-0.15, -0.1) is 0 Å². The van der Waals surface area contributed by atoms with E-state index in [1.165, 1.54) is 17.3 Å². The highest BCUT2D eigenvalue weighted by Gasteiger charge is 2.39. The second kappa shape index (κ2) is 8.69. The number of pyridine rings is 1. The normalized spacial score (nSPS) is 22.8. The van der Waals surface area contributed by atoms with Crippen molar-refractivity contribution in [3.05, 3.63) is 30.4 Å². The zero-order valence-electron chi connectivity index (χ0n) is 18.9. The maximum atomic E-state index is 13.3. The SMILES string of the molecule is CC1(C)OCC(COc2ccnc(NC(=O)N3c4nc(C(=O)O)ncc4N4CCCC3C4)c2)O1. The number of urea groups is 1. The Labute approximate surface area is 195 Å². The largest absolute Gasteiger partial charge is 0.491 e. The number of carboxylic acid groups (broad SMARTS) is 1. The van der Waals surface area contributed by atoms with Crippen molar-refractivity contribution in [2.75, 3.05) is 41.4 Å². The van der Waals surface area contributed by atoms with Crippen molar-refractivity contribution in [2.45, 2.75) is 44.6 Å². The van der Waals surface area contributed by atoms with Crippen LogP contribution in [0.2, 0.25) is 0 Å². The second-order valence-electron chi connectivity index (χ2n) is 8.89. The number of rotatable bonds is 5. The first-order chi connectivity index (χ1) is 16.3. The minimum absolute atomic E-state index is 0.139. The third kappa shape index (κ3) is 4.46. The molecule has 3 aliphatic rings. The Hall–Kier alpha value is -3.51. The van der Waals surface area contributed by atoms with Gasteiger partial charge in [-0.3, -0.25) is 10.2 Å². The zero-order chi connectivity index (χ0) is 23.9. The van der Waals surface area contributed by atoms with Gasteiger partial charge in [0, 0.05) is 25.4 Å².